The Morgan fingerprint density at radius 3 is 2.32 bits per heavy atom. The second kappa shape index (κ2) is 10.6. The van der Waals surface area contributed by atoms with E-state index in [-0.39, 0.29) is 36.1 Å². The number of carbonyl (C=O) groups is 2. The normalized spacial score (nSPS) is 14.0. The maximum Gasteiger partial charge on any atom is 0.279 e. The quantitative estimate of drug-likeness (QED) is 0.617. The molecule has 1 unspecified atom stereocenters. The fourth-order valence-corrected chi connectivity index (χ4v) is 2.97. The number of benzene rings is 2. The molecule has 28 heavy (non-hydrogen) atoms. The number of anilines is 1. The molecule has 0 saturated heterocycles. The van der Waals surface area contributed by atoms with Crippen LogP contribution in [0.1, 0.15) is 31.7 Å². The van der Waals surface area contributed by atoms with Gasteiger partial charge in [-0.3, -0.25) is 9.59 Å². The van der Waals surface area contributed by atoms with Crippen molar-refractivity contribution in [2.24, 2.45) is 0 Å². The van der Waals surface area contributed by atoms with Crippen molar-refractivity contribution in [3.05, 3.63) is 66.0 Å². The molecule has 150 valence electrons. The number of carbonyl (C=O) groups excluding carboxylic acids is 2. The van der Waals surface area contributed by atoms with Crippen molar-refractivity contribution in [1.29, 1.82) is 0 Å². The van der Waals surface area contributed by atoms with Crippen molar-refractivity contribution in [1.82, 2.24) is 5.32 Å². The van der Waals surface area contributed by atoms with E-state index in [4.69, 9.17) is 0 Å². The maximum atomic E-state index is 12.9. The number of hydrogen-bond acceptors (Lipinski definition) is 2. The third kappa shape index (κ3) is 6.46. The van der Waals surface area contributed by atoms with Crippen LogP contribution in [-0.4, -0.2) is 38.0 Å². The Hall–Kier alpha value is -2.73. The molecule has 2 aromatic carbocycles. The van der Waals surface area contributed by atoms with Crippen molar-refractivity contribution in [3.8, 4) is 0 Å². The molecule has 0 spiro atoms. The summed E-state index contributed by atoms with van der Waals surface area (Å²) in [6.45, 7) is 4.62. The zero-order chi connectivity index (χ0) is 20.5. The lowest BCUT2D eigenvalue weighted by atomic mass is 9.96. The van der Waals surface area contributed by atoms with Gasteiger partial charge in [-0.05, 0) is 43.2 Å². The summed E-state index contributed by atoms with van der Waals surface area (Å²) in [6.07, 6.45) is 0.932. The van der Waals surface area contributed by atoms with E-state index < -0.39 is 0 Å². The highest BCUT2D eigenvalue weighted by molar-refractivity contribution is 5.91. The van der Waals surface area contributed by atoms with E-state index in [0.717, 1.165) is 11.3 Å². The molecule has 2 rings (SSSR count). The summed E-state index contributed by atoms with van der Waals surface area (Å²) in [5.41, 5.74) is 1.74. The predicted octanol–water partition coefficient (Wildman–Crippen LogP) is 1.98. The molecule has 0 heterocycles. The summed E-state index contributed by atoms with van der Waals surface area (Å²) in [5, 5.41) is 5.73. The van der Waals surface area contributed by atoms with Gasteiger partial charge >= 0.3 is 0 Å². The summed E-state index contributed by atoms with van der Waals surface area (Å²) < 4.78 is 12.9. The van der Waals surface area contributed by atoms with Gasteiger partial charge in [0.2, 0.25) is 0 Å². The van der Waals surface area contributed by atoms with Crippen LogP contribution in [0.5, 0.6) is 0 Å². The van der Waals surface area contributed by atoms with E-state index in [1.165, 1.54) is 29.8 Å². The third-order valence-electron chi connectivity index (χ3n) is 4.99. The van der Waals surface area contributed by atoms with Gasteiger partial charge in [0, 0.05) is 18.2 Å². The highest BCUT2D eigenvalue weighted by Gasteiger charge is 2.24. The van der Waals surface area contributed by atoms with Gasteiger partial charge in [0.1, 0.15) is 5.82 Å². The summed E-state index contributed by atoms with van der Waals surface area (Å²) in [7, 11) is 1.81. The summed E-state index contributed by atoms with van der Waals surface area (Å²) in [5.74, 6) is -0.396. The van der Waals surface area contributed by atoms with Crippen LogP contribution >= 0.6 is 0 Å². The van der Waals surface area contributed by atoms with Crippen molar-refractivity contribution < 1.29 is 18.9 Å². The Morgan fingerprint density at radius 1 is 1.07 bits per heavy atom. The number of nitrogens with one attached hydrogen (secondary N) is 3. The molecule has 3 N–H and O–H groups in total. The molecule has 0 saturated carbocycles. The van der Waals surface area contributed by atoms with Crippen LogP contribution < -0.4 is 15.5 Å². The van der Waals surface area contributed by atoms with Crippen LogP contribution in [0.2, 0.25) is 0 Å². The van der Waals surface area contributed by atoms with E-state index in [0.29, 0.717) is 12.2 Å². The monoisotopic (exact) mass is 386 g/mol. The number of likely N-dealkylation sites (N-methyl/N-ethyl adjacent to an activating group) is 1. The molecule has 0 aliphatic carbocycles. The molecule has 0 bridgehead atoms. The molecule has 0 fully saturated rings. The van der Waals surface area contributed by atoms with Gasteiger partial charge in [-0.1, -0.05) is 37.3 Å². The van der Waals surface area contributed by atoms with E-state index in [1.54, 1.807) is 6.92 Å². The predicted molar refractivity (Wildman–Crippen MR) is 109 cm³/mol. The van der Waals surface area contributed by atoms with Crippen LogP contribution in [0.3, 0.4) is 0 Å². The van der Waals surface area contributed by atoms with Crippen molar-refractivity contribution in [2.75, 3.05) is 25.5 Å². The van der Waals surface area contributed by atoms with E-state index in [2.05, 4.69) is 29.7 Å². The first-order valence-corrected chi connectivity index (χ1v) is 9.61. The maximum absolute atomic E-state index is 12.9. The summed E-state index contributed by atoms with van der Waals surface area (Å²) in [6, 6.07) is 15.3. The van der Waals surface area contributed by atoms with Crippen molar-refractivity contribution in [2.45, 2.75) is 32.2 Å². The minimum atomic E-state index is -0.368. The molecular weight excluding hydrogens is 357 g/mol. The average Bonchev–Trinajstić information content (AvgIpc) is 2.70. The minimum Gasteiger partial charge on any atom is -0.350 e. The number of quaternary nitrogens is 1. The van der Waals surface area contributed by atoms with Gasteiger partial charge in [0.05, 0.1) is 7.05 Å². The molecule has 0 aromatic heterocycles. The number of amides is 2. The first-order valence-electron chi connectivity index (χ1n) is 9.61. The van der Waals surface area contributed by atoms with Gasteiger partial charge in [-0.25, -0.2) is 4.39 Å². The summed E-state index contributed by atoms with van der Waals surface area (Å²) >= 11 is 0. The first-order chi connectivity index (χ1) is 13.4. The third-order valence-corrected chi connectivity index (χ3v) is 4.99. The Balaban J connectivity index is 1.82. The lowest BCUT2D eigenvalue weighted by Gasteiger charge is -2.22. The van der Waals surface area contributed by atoms with Crippen molar-refractivity contribution >= 4 is 17.5 Å². The van der Waals surface area contributed by atoms with Gasteiger partial charge in [0.15, 0.2) is 12.6 Å². The molecular formula is C22H29FN3O2+. The second-order valence-corrected chi connectivity index (χ2v) is 7.06. The largest absolute Gasteiger partial charge is 0.350 e. The molecule has 2 aromatic rings. The van der Waals surface area contributed by atoms with Gasteiger partial charge in [-0.15, -0.1) is 0 Å². The molecule has 2 amide bonds. The molecule has 5 nitrogen and oxygen atoms in total. The summed E-state index contributed by atoms with van der Waals surface area (Å²) in [4.78, 5) is 25.5. The zero-order valence-electron chi connectivity index (χ0n) is 16.7. The van der Waals surface area contributed by atoms with Crippen LogP contribution in [0.25, 0.3) is 0 Å². The van der Waals surface area contributed by atoms with E-state index >= 15 is 0 Å². The van der Waals surface area contributed by atoms with Gasteiger partial charge in [-0.2, -0.15) is 0 Å². The smallest absolute Gasteiger partial charge is 0.279 e. The first kappa shape index (κ1) is 21.6. The Bertz CT molecular complexity index is 765. The Labute approximate surface area is 165 Å². The fraction of sp³-hybridized carbons (Fsp3) is 0.364. The van der Waals surface area contributed by atoms with Crippen LogP contribution in [0, 0.1) is 5.82 Å². The number of halogens is 1. The van der Waals surface area contributed by atoms with Gasteiger partial charge in [0.25, 0.3) is 11.8 Å². The lowest BCUT2D eigenvalue weighted by molar-refractivity contribution is -0.885. The molecule has 0 aliphatic rings. The molecule has 3 atom stereocenters. The SMILES string of the molecule is CC[C@H](CNC(=O)[C@H](C)[NH+](C)CC(=O)Nc1ccc(F)cc1)c1ccccc1. The molecule has 0 radical (unpaired) electrons. The van der Waals surface area contributed by atoms with Crippen LogP contribution in [0.4, 0.5) is 10.1 Å². The zero-order valence-corrected chi connectivity index (χ0v) is 16.7. The Morgan fingerprint density at radius 2 is 1.71 bits per heavy atom. The fourth-order valence-electron chi connectivity index (χ4n) is 2.97. The minimum absolute atomic E-state index is 0.0820. The van der Waals surface area contributed by atoms with Crippen LogP contribution in [-0.2, 0) is 9.59 Å². The van der Waals surface area contributed by atoms with Crippen LogP contribution in [0.15, 0.2) is 54.6 Å². The average molecular weight is 386 g/mol. The topological polar surface area (TPSA) is 62.6 Å². The van der Waals surface area contributed by atoms with Gasteiger partial charge < -0.3 is 15.5 Å². The van der Waals surface area contributed by atoms with E-state index in [1.807, 2.05) is 25.2 Å². The van der Waals surface area contributed by atoms with E-state index in [9.17, 15) is 14.0 Å². The second-order valence-electron chi connectivity index (χ2n) is 7.06. The molecule has 6 heteroatoms. The standard InChI is InChI=1S/C22H28FN3O2/c1-4-17(18-8-6-5-7-9-18)14-24-22(28)16(2)26(3)15-21(27)25-20-12-10-19(23)11-13-20/h5-13,16-17H,4,14-15H2,1-3H3,(H,24,28)(H,25,27)/p+1/t16-,17+/m0/s1. The lowest BCUT2D eigenvalue weighted by Crippen LogP contribution is -3.15. The Kier molecular flexibility index (Phi) is 8.14. The number of rotatable bonds is 9. The highest BCUT2D eigenvalue weighted by Crippen LogP contribution is 2.17. The molecule has 0 aliphatic heterocycles. The van der Waals surface area contributed by atoms with Crippen molar-refractivity contribution in [3.63, 3.8) is 0 Å². The highest BCUT2D eigenvalue weighted by atomic mass is 19.1. The number of hydrogen-bond donors (Lipinski definition) is 3.